The molecule has 0 atom stereocenters. The lowest BCUT2D eigenvalue weighted by molar-refractivity contribution is 0.120. The number of phenols is 2. The lowest BCUT2D eigenvalue weighted by Crippen LogP contribution is -2.45. The third-order valence-electron chi connectivity index (χ3n) is 5.37. The summed E-state index contributed by atoms with van der Waals surface area (Å²) in [7, 11) is 0. The van der Waals surface area contributed by atoms with Crippen LogP contribution in [0.5, 0.6) is 11.5 Å². The van der Waals surface area contributed by atoms with Crippen molar-refractivity contribution in [2.45, 2.75) is 26.9 Å². The van der Waals surface area contributed by atoms with Gasteiger partial charge in [0.1, 0.15) is 11.5 Å². The summed E-state index contributed by atoms with van der Waals surface area (Å²) in [6.45, 7) is 8.42. The van der Waals surface area contributed by atoms with E-state index in [0.717, 1.165) is 48.4 Å². The number of oxime groups is 2. The fraction of sp³-hybridized carbons (Fsp3) is 0.364. The number of rotatable bonds is 6. The predicted molar refractivity (Wildman–Crippen MR) is 115 cm³/mol. The van der Waals surface area contributed by atoms with Crippen LogP contribution in [0, 0.1) is 13.8 Å². The second kappa shape index (κ2) is 9.60. The normalized spacial score (nSPS) is 16.1. The van der Waals surface area contributed by atoms with Crippen LogP contribution in [0.15, 0.2) is 34.6 Å². The Balaban J connectivity index is 1.64. The van der Waals surface area contributed by atoms with Crippen LogP contribution in [0.4, 0.5) is 0 Å². The predicted octanol–water partition coefficient (Wildman–Crippen LogP) is 2.65. The van der Waals surface area contributed by atoms with E-state index in [1.165, 1.54) is 12.4 Å². The van der Waals surface area contributed by atoms with Gasteiger partial charge in [-0.3, -0.25) is 9.80 Å². The molecule has 160 valence electrons. The lowest BCUT2D eigenvalue weighted by atomic mass is 10.0. The number of phenolic OH excluding ortho intramolecular Hbond substituents is 2. The monoisotopic (exact) mass is 412 g/mol. The first-order valence-electron chi connectivity index (χ1n) is 9.85. The fourth-order valence-corrected chi connectivity index (χ4v) is 3.92. The Bertz CT molecular complexity index is 873. The molecule has 8 heteroatoms. The third kappa shape index (κ3) is 5.08. The van der Waals surface area contributed by atoms with Gasteiger partial charge < -0.3 is 20.6 Å². The molecule has 0 spiro atoms. The third-order valence-corrected chi connectivity index (χ3v) is 5.37. The van der Waals surface area contributed by atoms with Crippen molar-refractivity contribution >= 4 is 12.4 Å². The Morgan fingerprint density at radius 1 is 0.733 bits per heavy atom. The van der Waals surface area contributed by atoms with Gasteiger partial charge in [-0.25, -0.2) is 0 Å². The quantitative estimate of drug-likeness (QED) is 0.330. The first-order chi connectivity index (χ1) is 14.4. The van der Waals surface area contributed by atoms with Gasteiger partial charge in [-0.05, 0) is 37.1 Å². The number of hydrogen-bond acceptors (Lipinski definition) is 8. The molecular formula is C22H28N4O4. The minimum Gasteiger partial charge on any atom is -0.507 e. The highest BCUT2D eigenvalue weighted by Crippen LogP contribution is 2.27. The van der Waals surface area contributed by atoms with E-state index in [4.69, 9.17) is 10.4 Å². The Kier molecular flexibility index (Phi) is 6.91. The standard InChI is InChI=1S/C22H28N4O4/c1-15-7-17(11-23-29)21(27)19(9-15)13-25-3-5-26(6-4-25)14-20-10-16(2)8-18(12-24-30)22(20)28/h7-12,27-30H,3-6,13-14H2,1-2H3/b23-11+,24-12?. The highest BCUT2D eigenvalue weighted by Gasteiger charge is 2.20. The molecule has 2 aromatic carbocycles. The minimum atomic E-state index is 0.142. The van der Waals surface area contributed by atoms with E-state index in [2.05, 4.69) is 20.1 Å². The summed E-state index contributed by atoms with van der Waals surface area (Å²) < 4.78 is 0. The molecule has 0 bridgehead atoms. The Labute approximate surface area is 176 Å². The van der Waals surface area contributed by atoms with Gasteiger partial charge in [0.25, 0.3) is 0 Å². The topological polar surface area (TPSA) is 112 Å². The Hall–Kier alpha value is -3.10. The molecule has 30 heavy (non-hydrogen) atoms. The Morgan fingerprint density at radius 3 is 1.43 bits per heavy atom. The molecular weight excluding hydrogens is 384 g/mol. The van der Waals surface area contributed by atoms with Gasteiger partial charge in [0.05, 0.1) is 12.4 Å². The largest absolute Gasteiger partial charge is 0.507 e. The van der Waals surface area contributed by atoms with Crippen molar-refractivity contribution in [1.82, 2.24) is 9.80 Å². The van der Waals surface area contributed by atoms with Gasteiger partial charge in [0, 0.05) is 61.5 Å². The van der Waals surface area contributed by atoms with Gasteiger partial charge in [-0.15, -0.1) is 0 Å². The molecule has 1 aliphatic heterocycles. The maximum Gasteiger partial charge on any atom is 0.128 e. The van der Waals surface area contributed by atoms with Crippen LogP contribution in [0.1, 0.15) is 33.4 Å². The van der Waals surface area contributed by atoms with Crippen molar-refractivity contribution in [2.75, 3.05) is 26.2 Å². The van der Waals surface area contributed by atoms with E-state index >= 15 is 0 Å². The summed E-state index contributed by atoms with van der Waals surface area (Å²) in [6.07, 6.45) is 2.49. The number of piperazine rings is 1. The van der Waals surface area contributed by atoms with E-state index in [9.17, 15) is 10.2 Å². The van der Waals surface area contributed by atoms with Gasteiger partial charge in [-0.2, -0.15) is 0 Å². The average Bonchev–Trinajstić information content (AvgIpc) is 2.71. The van der Waals surface area contributed by atoms with Crippen LogP contribution in [-0.4, -0.2) is 69.0 Å². The maximum atomic E-state index is 10.5. The van der Waals surface area contributed by atoms with Crippen LogP contribution in [-0.2, 0) is 13.1 Å². The van der Waals surface area contributed by atoms with Crippen molar-refractivity contribution in [3.05, 3.63) is 57.6 Å². The van der Waals surface area contributed by atoms with Crippen LogP contribution < -0.4 is 0 Å². The molecule has 1 heterocycles. The van der Waals surface area contributed by atoms with Crippen molar-refractivity contribution < 1.29 is 20.6 Å². The molecule has 3 rings (SSSR count). The van der Waals surface area contributed by atoms with Crippen molar-refractivity contribution in [3.63, 3.8) is 0 Å². The second-order valence-corrected chi connectivity index (χ2v) is 7.77. The summed E-state index contributed by atoms with van der Waals surface area (Å²) in [6, 6.07) is 7.46. The first kappa shape index (κ1) is 21.6. The maximum absolute atomic E-state index is 10.5. The fourth-order valence-electron chi connectivity index (χ4n) is 3.92. The van der Waals surface area contributed by atoms with E-state index in [0.29, 0.717) is 24.2 Å². The number of benzene rings is 2. The highest BCUT2D eigenvalue weighted by atomic mass is 16.4. The highest BCUT2D eigenvalue weighted by molar-refractivity contribution is 5.84. The SMILES string of the molecule is Cc1cc(C=NO)c(O)c(CN2CCN(Cc3cc(C)cc(/C=N/O)c3O)CC2)c1. The smallest absolute Gasteiger partial charge is 0.128 e. The summed E-state index contributed by atoms with van der Waals surface area (Å²) in [5.41, 5.74) is 4.61. The summed E-state index contributed by atoms with van der Waals surface area (Å²) in [5.74, 6) is 0.284. The molecule has 0 saturated carbocycles. The molecule has 0 radical (unpaired) electrons. The lowest BCUT2D eigenvalue weighted by Gasteiger charge is -2.35. The van der Waals surface area contributed by atoms with Crippen LogP contribution in [0.2, 0.25) is 0 Å². The van der Waals surface area contributed by atoms with Gasteiger partial charge in [-0.1, -0.05) is 22.4 Å². The molecule has 1 fully saturated rings. The summed E-state index contributed by atoms with van der Waals surface area (Å²) in [5, 5.41) is 44.5. The van der Waals surface area contributed by atoms with Crippen molar-refractivity contribution in [1.29, 1.82) is 0 Å². The van der Waals surface area contributed by atoms with Crippen molar-refractivity contribution in [3.8, 4) is 11.5 Å². The zero-order valence-electron chi connectivity index (χ0n) is 17.3. The number of nitrogens with zero attached hydrogens (tertiary/aromatic N) is 4. The number of aromatic hydroxyl groups is 2. The van der Waals surface area contributed by atoms with Gasteiger partial charge in [0.15, 0.2) is 0 Å². The summed E-state index contributed by atoms with van der Waals surface area (Å²) in [4.78, 5) is 4.54. The van der Waals surface area contributed by atoms with E-state index in [1.54, 1.807) is 12.1 Å². The number of aryl methyl sites for hydroxylation is 2. The molecule has 1 aliphatic rings. The molecule has 0 unspecified atom stereocenters. The van der Waals surface area contributed by atoms with Crippen LogP contribution in [0.3, 0.4) is 0 Å². The minimum absolute atomic E-state index is 0.142. The molecule has 0 amide bonds. The molecule has 1 saturated heterocycles. The van der Waals surface area contributed by atoms with Crippen LogP contribution >= 0.6 is 0 Å². The zero-order valence-corrected chi connectivity index (χ0v) is 17.3. The first-order valence-corrected chi connectivity index (χ1v) is 9.85. The molecule has 0 aliphatic carbocycles. The molecule has 2 aromatic rings. The Morgan fingerprint density at radius 2 is 1.10 bits per heavy atom. The average molecular weight is 412 g/mol. The van der Waals surface area contributed by atoms with Gasteiger partial charge in [0.2, 0.25) is 0 Å². The molecule has 0 aromatic heterocycles. The zero-order chi connectivity index (χ0) is 21.7. The van der Waals surface area contributed by atoms with Crippen molar-refractivity contribution in [2.24, 2.45) is 10.3 Å². The van der Waals surface area contributed by atoms with E-state index in [1.807, 2.05) is 26.0 Å². The number of hydrogen-bond donors (Lipinski definition) is 4. The molecule has 8 nitrogen and oxygen atoms in total. The second-order valence-electron chi connectivity index (χ2n) is 7.77. The van der Waals surface area contributed by atoms with E-state index < -0.39 is 0 Å². The summed E-state index contributed by atoms with van der Waals surface area (Å²) >= 11 is 0. The van der Waals surface area contributed by atoms with E-state index in [-0.39, 0.29) is 11.5 Å². The van der Waals surface area contributed by atoms with Crippen LogP contribution in [0.25, 0.3) is 0 Å². The van der Waals surface area contributed by atoms with Gasteiger partial charge >= 0.3 is 0 Å². The molecule has 4 N–H and O–H groups in total.